The number of ether oxygens (including phenoxy) is 1. The lowest BCUT2D eigenvalue weighted by Gasteiger charge is -2.13. The molecule has 0 heterocycles. The number of rotatable bonds is 5. The molecule has 0 fully saturated rings. The first-order valence-electron chi connectivity index (χ1n) is 7.53. The number of hydrogen-bond acceptors (Lipinski definition) is 3. The van der Waals surface area contributed by atoms with E-state index in [4.69, 9.17) is 16.3 Å². The van der Waals surface area contributed by atoms with E-state index in [9.17, 15) is 9.90 Å². The van der Waals surface area contributed by atoms with E-state index < -0.39 is 0 Å². The van der Waals surface area contributed by atoms with E-state index in [1.807, 2.05) is 48.5 Å². The minimum absolute atomic E-state index is 0.129. The largest absolute Gasteiger partial charge is 0.507 e. The molecule has 0 unspecified atom stereocenters. The van der Waals surface area contributed by atoms with Crippen molar-refractivity contribution in [2.24, 2.45) is 0 Å². The Bertz CT molecular complexity index is 910. The second-order valence-electron chi connectivity index (χ2n) is 5.39. The molecule has 126 valence electrons. The third-order valence-electron chi connectivity index (χ3n) is 3.75. The summed E-state index contributed by atoms with van der Waals surface area (Å²) in [5.41, 5.74) is 3.23. The van der Waals surface area contributed by atoms with Crippen molar-refractivity contribution in [1.29, 1.82) is 0 Å². The fourth-order valence-corrected chi connectivity index (χ4v) is 3.28. The van der Waals surface area contributed by atoms with Gasteiger partial charge in [-0.1, -0.05) is 60.1 Å². The molecular formula is C20H14BrClO3. The number of aromatic hydroxyl groups is 1. The van der Waals surface area contributed by atoms with Crippen molar-refractivity contribution >= 4 is 33.8 Å². The molecule has 1 N–H and O–H groups in total. The Labute approximate surface area is 159 Å². The lowest BCUT2D eigenvalue weighted by Crippen LogP contribution is -1.98. The van der Waals surface area contributed by atoms with Crippen LogP contribution in [0.3, 0.4) is 0 Å². The van der Waals surface area contributed by atoms with E-state index in [0.717, 1.165) is 21.2 Å². The molecule has 0 aliphatic heterocycles. The van der Waals surface area contributed by atoms with Crippen LogP contribution in [0, 0.1) is 0 Å². The van der Waals surface area contributed by atoms with Gasteiger partial charge in [0, 0.05) is 16.1 Å². The predicted molar refractivity (Wildman–Crippen MR) is 102 cm³/mol. The van der Waals surface area contributed by atoms with E-state index in [2.05, 4.69) is 15.9 Å². The van der Waals surface area contributed by atoms with Crippen molar-refractivity contribution in [2.45, 2.75) is 6.61 Å². The normalized spacial score (nSPS) is 10.5. The van der Waals surface area contributed by atoms with Gasteiger partial charge in [-0.05, 0) is 33.1 Å². The van der Waals surface area contributed by atoms with E-state index in [1.54, 1.807) is 0 Å². The van der Waals surface area contributed by atoms with Gasteiger partial charge in [0.1, 0.15) is 18.1 Å². The molecule has 0 radical (unpaired) electrons. The highest BCUT2D eigenvalue weighted by Crippen LogP contribution is 2.34. The molecule has 3 aromatic carbocycles. The average Bonchev–Trinajstić information content (AvgIpc) is 2.63. The third-order valence-corrected chi connectivity index (χ3v) is 4.99. The number of phenols is 1. The van der Waals surface area contributed by atoms with Gasteiger partial charge in [-0.15, -0.1) is 0 Å². The number of hydrogen-bond donors (Lipinski definition) is 1. The van der Waals surface area contributed by atoms with Gasteiger partial charge in [0.05, 0.1) is 10.6 Å². The Morgan fingerprint density at radius 1 is 1.08 bits per heavy atom. The van der Waals surface area contributed by atoms with Gasteiger partial charge in [-0.2, -0.15) is 0 Å². The molecule has 0 spiro atoms. The van der Waals surface area contributed by atoms with Crippen LogP contribution in [0.15, 0.2) is 65.1 Å². The van der Waals surface area contributed by atoms with E-state index >= 15 is 0 Å². The molecule has 0 amide bonds. The summed E-state index contributed by atoms with van der Waals surface area (Å²) in [6.07, 6.45) is 0.547. The van der Waals surface area contributed by atoms with Gasteiger partial charge in [0.15, 0.2) is 6.29 Å². The standard InChI is InChI=1S/C20H14BrClO3/c21-20-14(7-4-8-16(20)13-5-2-1-3-6-13)12-25-19-10-18(24)15(11-23)9-17(19)22/h1-11,24H,12H2. The molecule has 3 aromatic rings. The zero-order valence-corrected chi connectivity index (χ0v) is 15.4. The zero-order chi connectivity index (χ0) is 17.8. The van der Waals surface area contributed by atoms with Crippen molar-refractivity contribution in [2.75, 3.05) is 0 Å². The number of halogens is 2. The Morgan fingerprint density at radius 2 is 1.84 bits per heavy atom. The molecule has 25 heavy (non-hydrogen) atoms. The first-order chi connectivity index (χ1) is 12.1. The Kier molecular flexibility index (Phi) is 5.41. The minimum atomic E-state index is -0.161. The molecule has 0 atom stereocenters. The Morgan fingerprint density at radius 3 is 2.56 bits per heavy atom. The molecule has 0 aliphatic carbocycles. The highest BCUT2D eigenvalue weighted by molar-refractivity contribution is 9.10. The zero-order valence-electron chi connectivity index (χ0n) is 13.1. The predicted octanol–water partition coefficient (Wildman–Crippen LogP) is 5.87. The van der Waals surface area contributed by atoms with Gasteiger partial charge in [-0.3, -0.25) is 4.79 Å². The third kappa shape index (κ3) is 3.86. The second kappa shape index (κ2) is 7.72. The number of benzene rings is 3. The van der Waals surface area contributed by atoms with E-state index in [0.29, 0.717) is 12.0 Å². The second-order valence-corrected chi connectivity index (χ2v) is 6.59. The monoisotopic (exact) mass is 416 g/mol. The summed E-state index contributed by atoms with van der Waals surface area (Å²) in [5, 5.41) is 10.1. The highest BCUT2D eigenvalue weighted by atomic mass is 79.9. The maximum Gasteiger partial charge on any atom is 0.153 e. The highest BCUT2D eigenvalue weighted by Gasteiger charge is 2.11. The summed E-state index contributed by atoms with van der Waals surface area (Å²) in [5.74, 6) is 0.160. The molecule has 3 rings (SSSR count). The summed E-state index contributed by atoms with van der Waals surface area (Å²) in [6, 6.07) is 18.7. The molecule has 0 aliphatic rings. The van der Waals surface area contributed by atoms with Crippen molar-refractivity contribution in [1.82, 2.24) is 0 Å². The first-order valence-corrected chi connectivity index (χ1v) is 8.70. The topological polar surface area (TPSA) is 46.5 Å². The molecular weight excluding hydrogens is 404 g/mol. The molecule has 0 saturated heterocycles. The van der Waals surface area contributed by atoms with Crippen LogP contribution in [0.4, 0.5) is 0 Å². The van der Waals surface area contributed by atoms with Gasteiger partial charge in [-0.25, -0.2) is 0 Å². The van der Waals surface area contributed by atoms with Crippen molar-refractivity contribution in [3.63, 3.8) is 0 Å². The van der Waals surface area contributed by atoms with Crippen LogP contribution in [0.5, 0.6) is 11.5 Å². The van der Waals surface area contributed by atoms with Crippen LogP contribution in [0.2, 0.25) is 5.02 Å². The maximum absolute atomic E-state index is 10.8. The molecule has 5 heteroatoms. The summed E-state index contributed by atoms with van der Waals surface area (Å²) in [4.78, 5) is 10.8. The molecule has 3 nitrogen and oxygen atoms in total. The van der Waals surface area contributed by atoms with E-state index in [-0.39, 0.29) is 22.9 Å². The summed E-state index contributed by atoms with van der Waals surface area (Å²) in [7, 11) is 0. The van der Waals surface area contributed by atoms with Crippen LogP contribution in [0.1, 0.15) is 15.9 Å². The quantitative estimate of drug-likeness (QED) is 0.528. The number of phenolic OH excluding ortho intramolecular Hbond substituents is 1. The summed E-state index contributed by atoms with van der Waals surface area (Å²) in [6.45, 7) is 0.265. The Hall–Kier alpha value is -2.30. The van der Waals surface area contributed by atoms with Crippen molar-refractivity contribution in [3.05, 3.63) is 81.3 Å². The smallest absolute Gasteiger partial charge is 0.153 e. The number of carbonyl (C=O) groups is 1. The van der Waals surface area contributed by atoms with Crippen molar-refractivity contribution in [3.8, 4) is 22.6 Å². The fourth-order valence-electron chi connectivity index (χ4n) is 2.45. The molecule has 0 saturated carbocycles. The number of aldehydes is 1. The first kappa shape index (κ1) is 17.5. The Balaban J connectivity index is 1.85. The SMILES string of the molecule is O=Cc1cc(Cl)c(OCc2cccc(-c3ccccc3)c2Br)cc1O. The lowest BCUT2D eigenvalue weighted by atomic mass is 10.0. The molecule has 0 aromatic heterocycles. The van der Waals surface area contributed by atoms with Gasteiger partial charge in [0.25, 0.3) is 0 Å². The van der Waals surface area contributed by atoms with Gasteiger partial charge in [0.2, 0.25) is 0 Å². The van der Waals surface area contributed by atoms with Gasteiger partial charge < -0.3 is 9.84 Å². The van der Waals surface area contributed by atoms with Crippen LogP contribution in [-0.2, 0) is 6.61 Å². The summed E-state index contributed by atoms with van der Waals surface area (Å²) >= 11 is 9.75. The number of carbonyl (C=O) groups excluding carboxylic acids is 1. The van der Waals surface area contributed by atoms with Crippen LogP contribution >= 0.6 is 27.5 Å². The van der Waals surface area contributed by atoms with Gasteiger partial charge >= 0.3 is 0 Å². The molecule has 0 bridgehead atoms. The van der Waals surface area contributed by atoms with Crippen LogP contribution in [-0.4, -0.2) is 11.4 Å². The summed E-state index contributed by atoms with van der Waals surface area (Å²) < 4.78 is 6.67. The average molecular weight is 418 g/mol. The van der Waals surface area contributed by atoms with E-state index in [1.165, 1.54) is 12.1 Å². The van der Waals surface area contributed by atoms with Crippen molar-refractivity contribution < 1.29 is 14.6 Å². The maximum atomic E-state index is 10.8. The van der Waals surface area contributed by atoms with Crippen LogP contribution < -0.4 is 4.74 Å². The van der Waals surface area contributed by atoms with Crippen LogP contribution in [0.25, 0.3) is 11.1 Å². The minimum Gasteiger partial charge on any atom is -0.507 e. The fraction of sp³-hybridized carbons (Fsp3) is 0.0500. The lowest BCUT2D eigenvalue weighted by molar-refractivity contribution is 0.112.